The summed E-state index contributed by atoms with van der Waals surface area (Å²) in [6.45, 7) is 0. The Morgan fingerprint density at radius 2 is 2.08 bits per heavy atom. The number of amides is 1. The molecule has 1 aliphatic heterocycles. The summed E-state index contributed by atoms with van der Waals surface area (Å²) >= 11 is 1.52. The van der Waals surface area contributed by atoms with Crippen LogP contribution in [0.1, 0.15) is 28.4 Å². The minimum absolute atomic E-state index is 0.112. The zero-order valence-electron chi connectivity index (χ0n) is 13.3. The average Bonchev–Trinajstić information content (AvgIpc) is 2.93. The highest BCUT2D eigenvalue weighted by Crippen LogP contribution is 2.38. The Kier molecular flexibility index (Phi) is 3.81. The Bertz CT molecular complexity index is 934. The van der Waals surface area contributed by atoms with Crippen LogP contribution in [0.5, 0.6) is 0 Å². The average molecular weight is 340 g/mol. The Balaban J connectivity index is 1.67. The predicted octanol–water partition coefficient (Wildman–Crippen LogP) is 4.28. The van der Waals surface area contributed by atoms with Crippen molar-refractivity contribution < 1.29 is 9.18 Å². The smallest absolute Gasteiger partial charge is 0.253 e. The number of thioether (sulfide) groups is 1. The number of para-hydroxylation sites is 1. The molecule has 0 radical (unpaired) electrons. The molecule has 0 spiro atoms. The second kappa shape index (κ2) is 5.98. The number of rotatable bonds is 2. The number of hydrogen-bond donors (Lipinski definition) is 1. The van der Waals surface area contributed by atoms with Crippen molar-refractivity contribution in [2.45, 2.75) is 17.4 Å². The fourth-order valence-electron chi connectivity index (χ4n) is 3.30. The van der Waals surface area contributed by atoms with Crippen molar-refractivity contribution in [1.29, 1.82) is 0 Å². The number of nitrogens with one attached hydrogen (secondary N) is 1. The van der Waals surface area contributed by atoms with Gasteiger partial charge >= 0.3 is 0 Å². The third kappa shape index (κ3) is 2.49. The zero-order chi connectivity index (χ0) is 16.7. The van der Waals surface area contributed by atoms with E-state index in [0.717, 1.165) is 28.6 Å². The lowest BCUT2D eigenvalue weighted by atomic mass is 10.0. The van der Waals surface area contributed by atoms with Crippen LogP contribution in [-0.4, -0.2) is 16.2 Å². The van der Waals surface area contributed by atoms with Gasteiger partial charge in [-0.1, -0.05) is 30.3 Å². The van der Waals surface area contributed by atoms with Crippen LogP contribution in [0.25, 0.3) is 10.9 Å². The number of hydrogen-bond acceptors (Lipinski definition) is 2. The number of halogens is 1. The van der Waals surface area contributed by atoms with Gasteiger partial charge in [-0.2, -0.15) is 0 Å². The highest BCUT2D eigenvalue weighted by molar-refractivity contribution is 7.99. The van der Waals surface area contributed by atoms with Crippen LogP contribution >= 0.6 is 11.8 Å². The van der Waals surface area contributed by atoms with Crippen molar-refractivity contribution in [2.24, 2.45) is 7.05 Å². The van der Waals surface area contributed by atoms with Crippen LogP contribution < -0.4 is 5.32 Å². The highest BCUT2D eigenvalue weighted by atomic mass is 32.2. The number of benzene rings is 2. The molecule has 2 heterocycles. The number of aryl methyl sites for hydroxylation is 1. The molecule has 122 valence electrons. The van der Waals surface area contributed by atoms with Crippen molar-refractivity contribution in [3.63, 3.8) is 0 Å². The third-order valence-corrected chi connectivity index (χ3v) is 5.63. The second-order valence-corrected chi connectivity index (χ2v) is 7.10. The summed E-state index contributed by atoms with van der Waals surface area (Å²) in [5.41, 5.74) is 2.55. The summed E-state index contributed by atoms with van der Waals surface area (Å²) in [6, 6.07) is 12.8. The van der Waals surface area contributed by atoms with E-state index < -0.39 is 0 Å². The molecule has 0 aliphatic carbocycles. The van der Waals surface area contributed by atoms with Gasteiger partial charge in [-0.3, -0.25) is 4.79 Å². The molecule has 1 atom stereocenters. The summed E-state index contributed by atoms with van der Waals surface area (Å²) < 4.78 is 15.9. The largest absolute Gasteiger partial charge is 0.350 e. The lowest BCUT2D eigenvalue weighted by molar-refractivity contribution is 0.0936. The van der Waals surface area contributed by atoms with E-state index in [9.17, 15) is 9.18 Å². The first-order valence-corrected chi connectivity index (χ1v) is 8.90. The van der Waals surface area contributed by atoms with Gasteiger partial charge in [0.15, 0.2) is 0 Å². The molecule has 0 bridgehead atoms. The van der Waals surface area contributed by atoms with Crippen molar-refractivity contribution >= 4 is 28.6 Å². The molecule has 1 aromatic heterocycles. The molecular formula is C19H17FN2OS. The molecule has 5 heteroatoms. The Morgan fingerprint density at radius 1 is 1.25 bits per heavy atom. The molecule has 0 fully saturated rings. The summed E-state index contributed by atoms with van der Waals surface area (Å²) in [6.07, 6.45) is 2.65. The second-order valence-electron chi connectivity index (χ2n) is 5.99. The summed E-state index contributed by atoms with van der Waals surface area (Å²) in [5, 5.41) is 4.02. The van der Waals surface area contributed by atoms with Gasteiger partial charge in [-0.15, -0.1) is 11.8 Å². The molecule has 0 unspecified atom stereocenters. The molecular weight excluding hydrogens is 323 g/mol. The maximum Gasteiger partial charge on any atom is 0.253 e. The molecule has 1 amide bonds. The van der Waals surface area contributed by atoms with Gasteiger partial charge in [-0.25, -0.2) is 4.39 Å². The molecule has 3 aromatic rings. The fraction of sp³-hybridized carbons (Fsp3) is 0.211. The summed E-state index contributed by atoms with van der Waals surface area (Å²) in [4.78, 5) is 13.5. The van der Waals surface area contributed by atoms with Crippen LogP contribution in [0.2, 0.25) is 0 Å². The lowest BCUT2D eigenvalue weighted by Gasteiger charge is -2.26. The summed E-state index contributed by atoms with van der Waals surface area (Å²) in [5.74, 6) is 0.481. The SMILES string of the molecule is Cn1cc(C(=O)N[C@@H]2CCSc3c(F)cccc32)c2ccccc21. The molecule has 24 heavy (non-hydrogen) atoms. The molecule has 0 saturated heterocycles. The van der Waals surface area contributed by atoms with Crippen LogP contribution in [0.4, 0.5) is 4.39 Å². The van der Waals surface area contributed by atoms with Gasteiger partial charge in [0.2, 0.25) is 0 Å². The van der Waals surface area contributed by atoms with Crippen LogP contribution in [0.15, 0.2) is 53.6 Å². The molecule has 4 rings (SSSR count). The predicted molar refractivity (Wildman–Crippen MR) is 94.9 cm³/mol. The Hall–Kier alpha value is -2.27. The van der Waals surface area contributed by atoms with Crippen molar-refractivity contribution in [3.8, 4) is 0 Å². The van der Waals surface area contributed by atoms with E-state index in [2.05, 4.69) is 5.32 Å². The van der Waals surface area contributed by atoms with E-state index in [1.165, 1.54) is 17.8 Å². The van der Waals surface area contributed by atoms with Gasteiger partial charge in [0.1, 0.15) is 5.82 Å². The minimum Gasteiger partial charge on any atom is -0.350 e. The summed E-state index contributed by atoms with van der Waals surface area (Å²) in [7, 11) is 1.93. The van der Waals surface area contributed by atoms with Gasteiger partial charge in [0.25, 0.3) is 5.91 Å². The molecule has 1 aliphatic rings. The lowest BCUT2D eigenvalue weighted by Crippen LogP contribution is -2.30. The van der Waals surface area contributed by atoms with Gasteiger partial charge in [-0.05, 0) is 24.1 Å². The first-order valence-electron chi connectivity index (χ1n) is 7.91. The third-order valence-electron chi connectivity index (χ3n) is 4.47. The quantitative estimate of drug-likeness (QED) is 0.755. The zero-order valence-corrected chi connectivity index (χ0v) is 14.1. The van der Waals surface area contributed by atoms with E-state index in [4.69, 9.17) is 0 Å². The minimum atomic E-state index is -0.207. The maximum atomic E-state index is 14.0. The first kappa shape index (κ1) is 15.3. The Labute approximate surface area is 143 Å². The maximum absolute atomic E-state index is 14.0. The van der Waals surface area contributed by atoms with E-state index in [1.807, 2.05) is 48.1 Å². The van der Waals surface area contributed by atoms with Crippen LogP contribution in [0.3, 0.4) is 0 Å². The number of nitrogens with zero attached hydrogens (tertiary/aromatic N) is 1. The normalized spacial score (nSPS) is 16.8. The molecule has 2 aromatic carbocycles. The Morgan fingerprint density at radius 3 is 2.96 bits per heavy atom. The van der Waals surface area contributed by atoms with Gasteiger partial charge in [0, 0.05) is 34.8 Å². The monoisotopic (exact) mass is 340 g/mol. The molecule has 3 nitrogen and oxygen atoms in total. The van der Waals surface area contributed by atoms with Crippen molar-refractivity contribution in [3.05, 3.63) is 65.6 Å². The highest BCUT2D eigenvalue weighted by Gasteiger charge is 2.25. The number of fused-ring (bicyclic) bond motifs is 2. The van der Waals surface area contributed by atoms with Gasteiger partial charge in [0.05, 0.1) is 11.6 Å². The van der Waals surface area contributed by atoms with E-state index in [0.29, 0.717) is 10.5 Å². The van der Waals surface area contributed by atoms with E-state index in [-0.39, 0.29) is 17.8 Å². The fourth-order valence-corrected chi connectivity index (χ4v) is 4.44. The van der Waals surface area contributed by atoms with Crippen molar-refractivity contribution in [1.82, 2.24) is 9.88 Å². The topological polar surface area (TPSA) is 34.0 Å². The first-order chi connectivity index (χ1) is 11.6. The molecule has 0 saturated carbocycles. The van der Waals surface area contributed by atoms with E-state index >= 15 is 0 Å². The van der Waals surface area contributed by atoms with E-state index in [1.54, 1.807) is 6.07 Å². The van der Waals surface area contributed by atoms with Crippen LogP contribution in [0, 0.1) is 5.82 Å². The van der Waals surface area contributed by atoms with Crippen LogP contribution in [-0.2, 0) is 7.05 Å². The number of aromatic nitrogens is 1. The standard InChI is InChI=1S/C19H17FN2OS/c1-22-11-14(12-5-2-3-8-17(12)22)19(23)21-16-9-10-24-18-13(16)6-4-7-15(18)20/h2-8,11,16H,9-10H2,1H3,(H,21,23)/t16-/m1/s1. The van der Waals surface area contributed by atoms with Crippen molar-refractivity contribution in [2.75, 3.05) is 5.75 Å². The molecule has 1 N–H and O–H groups in total. The number of carbonyl (C=O) groups is 1. The number of carbonyl (C=O) groups excluding carboxylic acids is 1. The van der Waals surface area contributed by atoms with Gasteiger partial charge < -0.3 is 9.88 Å².